The number of thiazole rings is 1. The first-order chi connectivity index (χ1) is 11.0. The predicted octanol–water partition coefficient (Wildman–Crippen LogP) is 3.04. The summed E-state index contributed by atoms with van der Waals surface area (Å²) in [7, 11) is -1.59. The molecule has 4 rings (SSSR count). The molecule has 1 aliphatic rings. The van der Waals surface area contributed by atoms with Gasteiger partial charge in [-0.05, 0) is 42.4 Å². The van der Waals surface area contributed by atoms with Crippen molar-refractivity contribution in [3.05, 3.63) is 53.0 Å². The Kier molecular flexibility index (Phi) is 3.37. The number of benzene rings is 2. The third-order valence-corrected chi connectivity index (χ3v) is 6.15. The van der Waals surface area contributed by atoms with Crippen LogP contribution in [0.15, 0.2) is 46.8 Å². The zero-order valence-electron chi connectivity index (χ0n) is 12.5. The number of aromatic nitrogens is 1. The fraction of sp³-hybridized carbons (Fsp3) is 0.188. The second-order valence-electron chi connectivity index (χ2n) is 5.70. The van der Waals surface area contributed by atoms with E-state index in [-0.39, 0.29) is 4.90 Å². The van der Waals surface area contributed by atoms with E-state index in [0.717, 1.165) is 28.9 Å². The van der Waals surface area contributed by atoms with E-state index in [1.165, 1.54) is 16.9 Å². The summed E-state index contributed by atoms with van der Waals surface area (Å²) in [5, 5.41) is 0. The summed E-state index contributed by atoms with van der Waals surface area (Å²) >= 11 is 1.43. The lowest BCUT2D eigenvalue weighted by Gasteiger charge is -2.12. The molecule has 0 aliphatic carbocycles. The van der Waals surface area contributed by atoms with Crippen molar-refractivity contribution >= 4 is 37.3 Å². The van der Waals surface area contributed by atoms with Crippen molar-refractivity contribution in [2.45, 2.75) is 18.0 Å². The topological polar surface area (TPSA) is 62.3 Å². The maximum absolute atomic E-state index is 12.7. The van der Waals surface area contributed by atoms with Crippen LogP contribution < -0.4 is 4.72 Å². The molecule has 3 aromatic rings. The van der Waals surface area contributed by atoms with E-state index in [1.54, 1.807) is 23.7 Å². The van der Waals surface area contributed by atoms with Crippen LogP contribution in [0.4, 0.5) is 5.69 Å². The first-order valence-electron chi connectivity index (χ1n) is 7.18. The van der Waals surface area contributed by atoms with Crippen LogP contribution in [-0.2, 0) is 23.1 Å². The minimum atomic E-state index is -3.61. The van der Waals surface area contributed by atoms with Gasteiger partial charge in [-0.3, -0.25) is 9.62 Å². The number of rotatable bonds is 3. The van der Waals surface area contributed by atoms with E-state index in [4.69, 9.17) is 0 Å². The summed E-state index contributed by atoms with van der Waals surface area (Å²) in [6, 6.07) is 10.8. The number of nitrogens with one attached hydrogen (secondary N) is 1. The molecule has 0 radical (unpaired) electrons. The average molecular weight is 345 g/mol. The number of anilines is 1. The molecule has 0 saturated carbocycles. The molecule has 0 amide bonds. The van der Waals surface area contributed by atoms with Crippen LogP contribution in [0.25, 0.3) is 10.2 Å². The molecule has 0 fully saturated rings. The van der Waals surface area contributed by atoms with Crippen molar-refractivity contribution in [1.82, 2.24) is 9.88 Å². The smallest absolute Gasteiger partial charge is 0.261 e. The molecule has 23 heavy (non-hydrogen) atoms. The number of nitrogens with zero attached hydrogens (tertiary/aromatic N) is 2. The number of hydrogen-bond acceptors (Lipinski definition) is 5. The molecule has 0 spiro atoms. The molecule has 0 unspecified atom stereocenters. The molecule has 0 saturated heterocycles. The minimum Gasteiger partial charge on any atom is -0.298 e. The van der Waals surface area contributed by atoms with Gasteiger partial charge in [-0.1, -0.05) is 12.1 Å². The molecule has 1 aliphatic heterocycles. The van der Waals surface area contributed by atoms with Crippen molar-refractivity contribution in [2.75, 3.05) is 11.8 Å². The van der Waals surface area contributed by atoms with Gasteiger partial charge in [-0.15, -0.1) is 11.3 Å². The second-order valence-corrected chi connectivity index (χ2v) is 8.27. The predicted molar refractivity (Wildman–Crippen MR) is 92.0 cm³/mol. The highest BCUT2D eigenvalue weighted by atomic mass is 32.2. The zero-order chi connectivity index (χ0) is 16.0. The summed E-state index contributed by atoms with van der Waals surface area (Å²) in [6.07, 6.45) is 0. The molecule has 5 nitrogen and oxygen atoms in total. The summed E-state index contributed by atoms with van der Waals surface area (Å²) in [5.74, 6) is 0. The number of fused-ring (bicyclic) bond motifs is 2. The summed E-state index contributed by atoms with van der Waals surface area (Å²) < 4.78 is 29.0. The first kappa shape index (κ1) is 14.6. The SMILES string of the molecule is CN1Cc2cccc(NS(=O)(=O)c3ccc4ncsc4c3)c2C1. The van der Waals surface area contributed by atoms with Crippen LogP contribution in [0.1, 0.15) is 11.1 Å². The van der Waals surface area contributed by atoms with Crippen molar-refractivity contribution in [3.63, 3.8) is 0 Å². The zero-order valence-corrected chi connectivity index (χ0v) is 14.1. The lowest BCUT2D eigenvalue weighted by atomic mass is 10.1. The molecule has 118 valence electrons. The Labute approximate surface area is 138 Å². The van der Waals surface area contributed by atoms with Crippen molar-refractivity contribution in [1.29, 1.82) is 0 Å². The molecule has 0 atom stereocenters. The van der Waals surface area contributed by atoms with E-state index in [2.05, 4.69) is 14.6 Å². The van der Waals surface area contributed by atoms with Gasteiger partial charge >= 0.3 is 0 Å². The largest absolute Gasteiger partial charge is 0.298 e. The Morgan fingerprint density at radius 1 is 1.22 bits per heavy atom. The quantitative estimate of drug-likeness (QED) is 0.792. The van der Waals surface area contributed by atoms with Crippen LogP contribution in [0.5, 0.6) is 0 Å². The molecular weight excluding hydrogens is 330 g/mol. The monoisotopic (exact) mass is 345 g/mol. The number of hydrogen-bond donors (Lipinski definition) is 1. The third-order valence-electron chi connectivity index (χ3n) is 4.00. The van der Waals surface area contributed by atoms with E-state index >= 15 is 0 Å². The Balaban J connectivity index is 1.72. The van der Waals surface area contributed by atoms with Gasteiger partial charge in [0.2, 0.25) is 0 Å². The summed E-state index contributed by atoms with van der Waals surface area (Å²) in [6.45, 7) is 1.60. The first-order valence-corrected chi connectivity index (χ1v) is 9.54. The Hall–Kier alpha value is -1.96. The molecule has 0 bridgehead atoms. The Morgan fingerprint density at radius 2 is 2.09 bits per heavy atom. The van der Waals surface area contributed by atoms with Gasteiger partial charge in [-0.2, -0.15) is 0 Å². The minimum absolute atomic E-state index is 0.262. The molecule has 7 heteroatoms. The third kappa shape index (κ3) is 2.60. The van der Waals surface area contributed by atoms with E-state index < -0.39 is 10.0 Å². The van der Waals surface area contributed by atoms with Crippen LogP contribution >= 0.6 is 11.3 Å². The van der Waals surface area contributed by atoms with Crippen LogP contribution in [0.3, 0.4) is 0 Å². The second kappa shape index (κ2) is 5.30. The van der Waals surface area contributed by atoms with Crippen LogP contribution in [0.2, 0.25) is 0 Å². The fourth-order valence-corrected chi connectivity index (χ4v) is 4.80. The van der Waals surface area contributed by atoms with E-state index in [1.807, 2.05) is 25.2 Å². The van der Waals surface area contributed by atoms with Crippen molar-refractivity contribution < 1.29 is 8.42 Å². The van der Waals surface area contributed by atoms with Crippen LogP contribution in [0, 0.1) is 0 Å². The fourth-order valence-electron chi connectivity index (χ4n) is 2.89. The average Bonchev–Trinajstić information content (AvgIpc) is 3.11. The molecule has 2 heterocycles. The normalized spacial score (nSPS) is 15.0. The van der Waals surface area contributed by atoms with Gasteiger partial charge in [0.15, 0.2) is 0 Å². The van der Waals surface area contributed by atoms with Crippen LogP contribution in [-0.4, -0.2) is 25.3 Å². The molecule has 2 aromatic carbocycles. The van der Waals surface area contributed by atoms with E-state index in [9.17, 15) is 8.42 Å². The summed E-state index contributed by atoms with van der Waals surface area (Å²) in [4.78, 5) is 6.60. The van der Waals surface area contributed by atoms with Gasteiger partial charge in [0.1, 0.15) is 0 Å². The molecular formula is C16H15N3O2S2. The van der Waals surface area contributed by atoms with Crippen molar-refractivity contribution in [3.8, 4) is 0 Å². The van der Waals surface area contributed by atoms with Gasteiger partial charge in [-0.25, -0.2) is 13.4 Å². The maximum atomic E-state index is 12.7. The molecule has 1 N–H and O–H groups in total. The standard InChI is InChI=1S/C16H15N3O2S2/c1-19-8-11-3-2-4-14(13(11)9-19)18-23(20,21)12-5-6-15-16(7-12)22-10-17-15/h2-7,10,18H,8-9H2,1H3. The lowest BCUT2D eigenvalue weighted by molar-refractivity contribution is 0.353. The highest BCUT2D eigenvalue weighted by Gasteiger charge is 2.22. The van der Waals surface area contributed by atoms with Crippen molar-refractivity contribution in [2.24, 2.45) is 0 Å². The van der Waals surface area contributed by atoms with Gasteiger partial charge in [0, 0.05) is 13.1 Å². The highest BCUT2D eigenvalue weighted by Crippen LogP contribution is 2.30. The maximum Gasteiger partial charge on any atom is 0.261 e. The van der Waals surface area contributed by atoms with Gasteiger partial charge < -0.3 is 0 Å². The van der Waals surface area contributed by atoms with E-state index in [0.29, 0.717) is 5.69 Å². The van der Waals surface area contributed by atoms with Gasteiger partial charge in [0.05, 0.1) is 26.3 Å². The van der Waals surface area contributed by atoms with Gasteiger partial charge in [0.25, 0.3) is 10.0 Å². The Bertz CT molecular complexity index is 995. The Morgan fingerprint density at radius 3 is 2.96 bits per heavy atom. The molecule has 1 aromatic heterocycles. The lowest BCUT2D eigenvalue weighted by Crippen LogP contribution is -2.14. The highest BCUT2D eigenvalue weighted by molar-refractivity contribution is 7.92. The number of sulfonamides is 1. The summed E-state index contributed by atoms with van der Waals surface area (Å²) in [5.41, 5.74) is 5.42.